The Bertz CT molecular complexity index is 772. The Morgan fingerprint density at radius 2 is 1.89 bits per heavy atom. The van der Waals surface area contributed by atoms with E-state index in [1.54, 1.807) is 20.3 Å². The first-order chi connectivity index (χ1) is 13.4. The molecule has 3 rings (SSSR count). The summed E-state index contributed by atoms with van der Waals surface area (Å²) in [5.41, 5.74) is 0.0289. The Morgan fingerprint density at radius 1 is 1.21 bits per heavy atom. The Morgan fingerprint density at radius 3 is 2.50 bits per heavy atom. The molecule has 28 heavy (non-hydrogen) atoms. The summed E-state index contributed by atoms with van der Waals surface area (Å²) in [5, 5.41) is 11.9. The normalized spacial score (nSPS) is 21.1. The second kappa shape index (κ2) is 8.08. The number of carboxylic acids is 1. The van der Waals surface area contributed by atoms with Gasteiger partial charge in [-0.05, 0) is 30.5 Å². The number of methoxy groups -OCH3 is 2. The van der Waals surface area contributed by atoms with Gasteiger partial charge in [-0.15, -0.1) is 0 Å². The van der Waals surface area contributed by atoms with Gasteiger partial charge in [-0.3, -0.25) is 14.4 Å². The fourth-order valence-corrected chi connectivity index (χ4v) is 4.34. The van der Waals surface area contributed by atoms with Crippen LogP contribution in [-0.4, -0.2) is 61.1 Å². The highest BCUT2D eigenvalue weighted by atomic mass is 16.5. The molecule has 8 nitrogen and oxygen atoms in total. The van der Waals surface area contributed by atoms with E-state index >= 15 is 0 Å². The summed E-state index contributed by atoms with van der Waals surface area (Å²) in [5.74, 6) is -0.585. The molecule has 2 aliphatic rings. The van der Waals surface area contributed by atoms with Crippen molar-refractivity contribution in [1.29, 1.82) is 0 Å². The van der Waals surface area contributed by atoms with Gasteiger partial charge in [-0.25, -0.2) is 0 Å². The number of piperazine rings is 1. The number of amides is 2. The molecule has 1 aliphatic carbocycles. The number of rotatable bonds is 6. The molecule has 1 saturated heterocycles. The third-order valence-electron chi connectivity index (χ3n) is 5.76. The van der Waals surface area contributed by atoms with Gasteiger partial charge >= 0.3 is 5.97 Å². The zero-order valence-electron chi connectivity index (χ0n) is 16.2. The monoisotopic (exact) mass is 390 g/mol. The minimum atomic E-state index is -1.11. The number of carbonyl (C=O) groups excluding carboxylic acids is 2. The van der Waals surface area contributed by atoms with Crippen molar-refractivity contribution in [3.63, 3.8) is 0 Å². The maximum Gasteiger partial charge on any atom is 0.305 e. The van der Waals surface area contributed by atoms with Gasteiger partial charge in [0.05, 0.1) is 26.1 Å². The molecule has 8 heteroatoms. The summed E-state index contributed by atoms with van der Waals surface area (Å²) in [7, 11) is 3.10. The van der Waals surface area contributed by atoms with Crippen LogP contribution in [0.4, 0.5) is 0 Å². The van der Waals surface area contributed by atoms with E-state index in [1.807, 2.05) is 12.1 Å². The lowest BCUT2D eigenvalue weighted by Gasteiger charge is -2.40. The van der Waals surface area contributed by atoms with Crippen molar-refractivity contribution in [2.45, 2.75) is 43.6 Å². The molecule has 0 aromatic heterocycles. The average Bonchev–Trinajstić information content (AvgIpc) is 3.19. The molecule has 1 heterocycles. The summed E-state index contributed by atoms with van der Waals surface area (Å²) < 4.78 is 10.7. The largest absolute Gasteiger partial charge is 0.493 e. The lowest BCUT2D eigenvalue weighted by molar-refractivity contribution is -0.151. The van der Waals surface area contributed by atoms with Crippen molar-refractivity contribution in [3.8, 4) is 11.5 Å². The lowest BCUT2D eigenvalue weighted by Crippen LogP contribution is -2.61. The number of ether oxygens (including phenoxy) is 2. The molecule has 2 amide bonds. The summed E-state index contributed by atoms with van der Waals surface area (Å²) in [6.07, 6.45) is 2.69. The van der Waals surface area contributed by atoms with Crippen LogP contribution in [0.25, 0.3) is 0 Å². The third kappa shape index (κ3) is 3.50. The van der Waals surface area contributed by atoms with Gasteiger partial charge in [0.15, 0.2) is 11.5 Å². The van der Waals surface area contributed by atoms with Gasteiger partial charge in [-0.1, -0.05) is 18.9 Å². The molecular weight excluding hydrogens is 364 g/mol. The summed E-state index contributed by atoms with van der Waals surface area (Å²) in [6, 6.07) is 4.47. The SMILES string of the molecule is COc1ccc(C2(C(=O)N3CCNC(=O)C3CC(=O)O)CCCC2)cc1OC. The smallest absolute Gasteiger partial charge is 0.305 e. The maximum absolute atomic E-state index is 13.7. The number of nitrogens with zero attached hydrogens (tertiary/aromatic N) is 1. The number of hydrogen-bond donors (Lipinski definition) is 2. The zero-order chi connectivity index (χ0) is 20.3. The van der Waals surface area contributed by atoms with E-state index in [4.69, 9.17) is 9.47 Å². The standard InChI is InChI=1S/C20H26N2O6/c1-27-15-6-5-13(11-16(15)28-2)20(7-3-4-8-20)19(26)22-10-9-21-18(25)14(22)12-17(23)24/h5-6,11,14H,3-4,7-10,12H2,1-2H3,(H,21,25)(H,23,24). The van der Waals surface area contributed by atoms with Crippen LogP contribution in [-0.2, 0) is 19.8 Å². The topological polar surface area (TPSA) is 105 Å². The van der Waals surface area contributed by atoms with Crippen molar-refractivity contribution in [2.75, 3.05) is 27.3 Å². The van der Waals surface area contributed by atoms with Crippen LogP contribution in [0.15, 0.2) is 18.2 Å². The second-order valence-corrected chi connectivity index (χ2v) is 7.26. The highest BCUT2D eigenvalue weighted by Gasteiger charge is 2.48. The first-order valence-corrected chi connectivity index (χ1v) is 9.46. The minimum Gasteiger partial charge on any atom is -0.493 e. The van der Waals surface area contributed by atoms with Gasteiger partial charge < -0.3 is 24.8 Å². The van der Waals surface area contributed by atoms with Crippen molar-refractivity contribution in [3.05, 3.63) is 23.8 Å². The summed E-state index contributed by atoms with van der Waals surface area (Å²) in [4.78, 5) is 38.7. The predicted molar refractivity (Wildman–Crippen MR) is 100 cm³/mol. The fraction of sp³-hybridized carbons (Fsp3) is 0.550. The molecule has 1 atom stereocenters. The van der Waals surface area contributed by atoms with E-state index in [9.17, 15) is 19.5 Å². The zero-order valence-corrected chi connectivity index (χ0v) is 16.2. The predicted octanol–water partition coefficient (Wildman–Crippen LogP) is 1.32. The van der Waals surface area contributed by atoms with E-state index in [1.165, 1.54) is 4.90 Å². The van der Waals surface area contributed by atoms with Gasteiger partial charge in [-0.2, -0.15) is 0 Å². The fourth-order valence-electron chi connectivity index (χ4n) is 4.34. The van der Waals surface area contributed by atoms with Gasteiger partial charge in [0.25, 0.3) is 0 Å². The number of hydrogen-bond acceptors (Lipinski definition) is 5. The van der Waals surface area contributed by atoms with Gasteiger partial charge in [0.1, 0.15) is 6.04 Å². The van der Waals surface area contributed by atoms with Crippen LogP contribution in [0.2, 0.25) is 0 Å². The molecule has 152 valence electrons. The Kier molecular flexibility index (Phi) is 5.76. The molecule has 0 spiro atoms. The Hall–Kier alpha value is -2.77. The highest BCUT2D eigenvalue weighted by Crippen LogP contribution is 2.45. The molecule has 2 fully saturated rings. The minimum absolute atomic E-state index is 0.182. The van der Waals surface area contributed by atoms with Crippen molar-refractivity contribution in [2.24, 2.45) is 0 Å². The van der Waals surface area contributed by atoms with Crippen molar-refractivity contribution >= 4 is 17.8 Å². The molecule has 1 unspecified atom stereocenters. The Labute approximate surface area is 163 Å². The summed E-state index contributed by atoms with van der Waals surface area (Å²) >= 11 is 0. The Balaban J connectivity index is 2.00. The second-order valence-electron chi connectivity index (χ2n) is 7.26. The number of aliphatic carboxylic acids is 1. The molecule has 2 N–H and O–H groups in total. The third-order valence-corrected chi connectivity index (χ3v) is 5.76. The molecule has 0 bridgehead atoms. The van der Waals surface area contributed by atoms with Crippen LogP contribution >= 0.6 is 0 Å². The molecule has 1 aromatic carbocycles. The highest BCUT2D eigenvalue weighted by molar-refractivity contribution is 5.96. The van der Waals surface area contributed by atoms with E-state index in [0.29, 0.717) is 37.4 Å². The van der Waals surface area contributed by atoms with Crippen LogP contribution in [0.3, 0.4) is 0 Å². The van der Waals surface area contributed by atoms with Crippen LogP contribution in [0, 0.1) is 0 Å². The number of benzene rings is 1. The molecule has 0 radical (unpaired) electrons. The number of nitrogens with one attached hydrogen (secondary N) is 1. The van der Waals surface area contributed by atoms with E-state index in [2.05, 4.69) is 5.32 Å². The average molecular weight is 390 g/mol. The summed E-state index contributed by atoms with van der Waals surface area (Å²) in [6.45, 7) is 0.625. The van der Waals surface area contributed by atoms with Crippen LogP contribution in [0.5, 0.6) is 11.5 Å². The van der Waals surface area contributed by atoms with E-state index in [-0.39, 0.29) is 5.91 Å². The molecule has 1 aliphatic heterocycles. The molecular formula is C20H26N2O6. The maximum atomic E-state index is 13.7. The van der Waals surface area contributed by atoms with Crippen molar-refractivity contribution < 1.29 is 29.0 Å². The molecule has 1 saturated carbocycles. The number of carboxylic acid groups (broad SMARTS) is 1. The number of carbonyl (C=O) groups is 3. The van der Waals surface area contributed by atoms with Crippen molar-refractivity contribution in [1.82, 2.24) is 10.2 Å². The van der Waals surface area contributed by atoms with Gasteiger partial charge in [0.2, 0.25) is 11.8 Å². The van der Waals surface area contributed by atoms with E-state index < -0.39 is 29.8 Å². The first kappa shape index (κ1) is 20.0. The van der Waals surface area contributed by atoms with Crippen LogP contribution < -0.4 is 14.8 Å². The quantitative estimate of drug-likeness (QED) is 0.759. The lowest BCUT2D eigenvalue weighted by atomic mass is 9.76. The van der Waals surface area contributed by atoms with Crippen LogP contribution in [0.1, 0.15) is 37.7 Å². The van der Waals surface area contributed by atoms with E-state index in [0.717, 1.165) is 18.4 Å². The van der Waals surface area contributed by atoms with Gasteiger partial charge in [0, 0.05) is 13.1 Å². The molecule has 1 aromatic rings. The first-order valence-electron chi connectivity index (χ1n) is 9.46.